The molecule has 27 heavy (non-hydrogen) atoms. The number of carbonyl (C=O) groups excluding carboxylic acids is 2. The van der Waals surface area contributed by atoms with Gasteiger partial charge in [0.2, 0.25) is 12.0 Å². The van der Waals surface area contributed by atoms with Crippen LogP contribution in [0.2, 0.25) is 0 Å². The molecule has 154 valence electrons. The summed E-state index contributed by atoms with van der Waals surface area (Å²) in [7, 11) is 2.92. The van der Waals surface area contributed by atoms with Crippen molar-refractivity contribution >= 4 is 12.1 Å². The van der Waals surface area contributed by atoms with Crippen LogP contribution in [0.1, 0.15) is 0 Å². The van der Waals surface area contributed by atoms with Crippen molar-refractivity contribution in [2.75, 3.05) is 21.2 Å². The van der Waals surface area contributed by atoms with Gasteiger partial charge in [0.1, 0.15) is 18.3 Å². The first kappa shape index (κ1) is 22.5. The molecule has 16 heteroatoms. The smallest absolute Gasteiger partial charge is 0.342 e. The van der Waals surface area contributed by atoms with Crippen LogP contribution >= 0.6 is 0 Å². The summed E-state index contributed by atoms with van der Waals surface area (Å²) in [6.45, 7) is 0. The fourth-order valence-corrected chi connectivity index (χ4v) is 2.16. The van der Waals surface area contributed by atoms with Crippen molar-refractivity contribution in [2.45, 2.75) is 36.6 Å². The molecule has 16 nitrogen and oxygen atoms in total. The summed E-state index contributed by atoms with van der Waals surface area (Å²) in [6.07, 6.45) is -9.88. The molecule has 0 spiro atoms. The molecule has 1 saturated heterocycles. The van der Waals surface area contributed by atoms with Crippen molar-refractivity contribution in [1.29, 1.82) is 0 Å². The molecule has 0 bridgehead atoms. The number of urea groups is 2. The minimum atomic E-state index is -2.76. The summed E-state index contributed by atoms with van der Waals surface area (Å²) >= 11 is 0. The third-order valence-corrected chi connectivity index (χ3v) is 3.69. The second-order valence-corrected chi connectivity index (χ2v) is 5.46. The molecule has 1 unspecified atom stereocenters. The second kappa shape index (κ2) is 8.93. The molecular formula is C11H20N6O10. The molecule has 1 rings (SSSR count). The zero-order valence-electron chi connectivity index (χ0n) is 14.4. The first-order valence-corrected chi connectivity index (χ1v) is 7.24. The number of amides is 4. The average Bonchev–Trinajstić information content (AvgIpc) is 2.64. The van der Waals surface area contributed by atoms with Gasteiger partial charge < -0.3 is 40.5 Å². The van der Waals surface area contributed by atoms with Crippen LogP contribution in [0.25, 0.3) is 0 Å². The van der Waals surface area contributed by atoms with Crippen LogP contribution < -0.4 is 10.6 Å². The Kier molecular flexibility index (Phi) is 7.46. The van der Waals surface area contributed by atoms with E-state index in [-0.39, 0.29) is 5.01 Å². The highest BCUT2D eigenvalue weighted by molar-refractivity contribution is 5.74. The number of nitroso groups, excluding NO2 is 2. The van der Waals surface area contributed by atoms with Crippen LogP contribution in [0.4, 0.5) is 9.59 Å². The van der Waals surface area contributed by atoms with E-state index in [1.165, 1.54) is 0 Å². The molecule has 4 amide bonds. The van der Waals surface area contributed by atoms with Gasteiger partial charge in [-0.3, -0.25) is 0 Å². The number of methoxy groups -OCH3 is 1. The maximum absolute atomic E-state index is 11.7. The van der Waals surface area contributed by atoms with Crippen molar-refractivity contribution < 1.29 is 39.5 Å². The predicted molar refractivity (Wildman–Crippen MR) is 82.8 cm³/mol. The molecule has 0 aromatic carbocycles. The van der Waals surface area contributed by atoms with Crippen LogP contribution in [-0.2, 0) is 9.47 Å². The standard InChI is InChI=1S/C11H20N6O10/c1-16(14-24)9(21)12-7(20)5-4(18)6(19)11(23,8(26-3)27-5)13-10(22)17(2)15-25/h4-8,18-20,23H,1-3H3,(H,12,21)(H,13,22)/t4-,5+,6+,7?,8+,11-/m1/s1. The monoisotopic (exact) mass is 396 g/mol. The van der Waals surface area contributed by atoms with Crippen molar-refractivity contribution in [1.82, 2.24) is 20.7 Å². The van der Waals surface area contributed by atoms with Gasteiger partial charge in [0.05, 0.1) is 10.6 Å². The second-order valence-electron chi connectivity index (χ2n) is 5.46. The number of nitrogens with one attached hydrogen (secondary N) is 2. The van der Waals surface area contributed by atoms with Gasteiger partial charge in [-0.2, -0.15) is 10.0 Å². The van der Waals surface area contributed by atoms with Crippen molar-refractivity contribution in [3.05, 3.63) is 9.81 Å². The molecule has 0 aromatic heterocycles. The molecule has 0 saturated carbocycles. The highest BCUT2D eigenvalue weighted by Gasteiger charge is 2.58. The lowest BCUT2D eigenvalue weighted by molar-refractivity contribution is -0.349. The van der Waals surface area contributed by atoms with Gasteiger partial charge in [-0.1, -0.05) is 0 Å². The van der Waals surface area contributed by atoms with E-state index in [0.717, 1.165) is 21.2 Å². The van der Waals surface area contributed by atoms with Gasteiger partial charge in [0.15, 0.2) is 6.23 Å². The SMILES string of the molecule is CO[C@H]1O[C@H](C(O)NC(=O)N(C)N=O)[C@@H](O)[C@H](O)[C@]1(O)NC(=O)N(C)N=O. The fourth-order valence-electron chi connectivity index (χ4n) is 2.16. The molecule has 6 N–H and O–H groups in total. The van der Waals surface area contributed by atoms with E-state index in [9.17, 15) is 39.8 Å². The van der Waals surface area contributed by atoms with Crippen LogP contribution in [-0.4, -0.2) is 100 Å². The number of hydrogen-bond acceptors (Lipinski definition) is 12. The topological polar surface area (TPSA) is 223 Å². The lowest BCUT2D eigenvalue weighted by Gasteiger charge is -2.48. The number of ether oxygens (including phenoxy) is 2. The molecule has 0 aromatic rings. The van der Waals surface area contributed by atoms with E-state index in [1.807, 2.05) is 10.6 Å². The molecule has 6 atom stereocenters. The number of aliphatic hydroxyl groups is 4. The van der Waals surface area contributed by atoms with Gasteiger partial charge in [-0.15, -0.1) is 9.81 Å². The molecule has 0 aliphatic carbocycles. The first-order chi connectivity index (χ1) is 12.5. The maximum Gasteiger partial charge on any atom is 0.342 e. The number of rotatable bonds is 6. The van der Waals surface area contributed by atoms with Crippen molar-refractivity contribution in [2.24, 2.45) is 10.6 Å². The number of carbonyl (C=O) groups is 2. The summed E-state index contributed by atoms with van der Waals surface area (Å²) in [5, 5.41) is 49.6. The van der Waals surface area contributed by atoms with E-state index in [0.29, 0.717) is 5.01 Å². The maximum atomic E-state index is 11.7. The molecular weight excluding hydrogens is 376 g/mol. The van der Waals surface area contributed by atoms with Crippen LogP contribution in [0.5, 0.6) is 0 Å². The summed E-state index contributed by atoms with van der Waals surface area (Å²) in [5.41, 5.74) is -2.76. The Morgan fingerprint density at radius 2 is 1.70 bits per heavy atom. The third kappa shape index (κ3) is 4.62. The average molecular weight is 396 g/mol. The van der Waals surface area contributed by atoms with Gasteiger partial charge in [0.25, 0.3) is 0 Å². The summed E-state index contributed by atoms with van der Waals surface area (Å²) in [5.74, 6) is 0. The lowest BCUT2D eigenvalue weighted by Crippen LogP contribution is -2.75. The quantitative estimate of drug-likeness (QED) is 0.149. The Morgan fingerprint density at radius 1 is 1.19 bits per heavy atom. The Labute approximate surface area is 151 Å². The van der Waals surface area contributed by atoms with E-state index in [2.05, 4.69) is 10.6 Å². The minimum absolute atomic E-state index is 0.243. The molecule has 1 aliphatic heterocycles. The Hall–Kier alpha value is -2.50. The van der Waals surface area contributed by atoms with Crippen molar-refractivity contribution in [3.63, 3.8) is 0 Å². The Bertz CT molecular complexity index is 574. The zero-order chi connectivity index (χ0) is 20.9. The minimum Gasteiger partial charge on any atom is -0.387 e. The highest BCUT2D eigenvalue weighted by Crippen LogP contribution is 2.30. The molecule has 0 radical (unpaired) electrons. The van der Waals surface area contributed by atoms with Crippen LogP contribution in [0, 0.1) is 9.81 Å². The van der Waals surface area contributed by atoms with Gasteiger partial charge >= 0.3 is 12.1 Å². The Morgan fingerprint density at radius 3 is 2.19 bits per heavy atom. The number of hydrogen-bond donors (Lipinski definition) is 6. The zero-order valence-corrected chi connectivity index (χ0v) is 14.4. The van der Waals surface area contributed by atoms with Crippen LogP contribution in [0.3, 0.4) is 0 Å². The third-order valence-electron chi connectivity index (χ3n) is 3.69. The normalized spacial score (nSPS) is 31.4. The molecule has 1 fully saturated rings. The van der Waals surface area contributed by atoms with E-state index >= 15 is 0 Å². The van der Waals surface area contributed by atoms with E-state index in [1.54, 1.807) is 0 Å². The summed E-state index contributed by atoms with van der Waals surface area (Å²) in [6, 6.07) is -2.43. The van der Waals surface area contributed by atoms with E-state index < -0.39 is 48.6 Å². The number of aliphatic hydroxyl groups excluding tert-OH is 3. The predicted octanol–water partition coefficient (Wildman–Crippen LogP) is -3.27. The fraction of sp³-hybridized carbons (Fsp3) is 0.818. The largest absolute Gasteiger partial charge is 0.387 e. The van der Waals surface area contributed by atoms with Gasteiger partial charge in [-0.25, -0.2) is 9.59 Å². The number of nitrogens with zero attached hydrogens (tertiary/aromatic N) is 4. The highest BCUT2D eigenvalue weighted by atomic mass is 16.7. The Balaban J connectivity index is 3.00. The van der Waals surface area contributed by atoms with E-state index in [4.69, 9.17) is 9.47 Å². The summed E-state index contributed by atoms with van der Waals surface area (Å²) in [4.78, 5) is 43.9. The first-order valence-electron chi connectivity index (χ1n) is 7.24. The summed E-state index contributed by atoms with van der Waals surface area (Å²) < 4.78 is 9.91. The van der Waals surface area contributed by atoms with Gasteiger partial charge in [-0.05, 0) is 0 Å². The van der Waals surface area contributed by atoms with Gasteiger partial charge in [0, 0.05) is 21.2 Å². The molecule has 1 aliphatic rings. The molecule has 1 heterocycles. The lowest BCUT2D eigenvalue weighted by atomic mass is 9.92. The van der Waals surface area contributed by atoms with Crippen molar-refractivity contribution in [3.8, 4) is 0 Å². The van der Waals surface area contributed by atoms with Crippen LogP contribution in [0.15, 0.2) is 10.6 Å².